The standard InChI is InChI=1S/C15H15ClO3/c1-11(10-18-17)12-7-8-14(16)15(9-12)19-13-5-3-2-4-6-13/h2-9,11,17H,10H2,1H3. The Morgan fingerprint density at radius 3 is 2.58 bits per heavy atom. The minimum atomic E-state index is 0.0559. The lowest BCUT2D eigenvalue weighted by Gasteiger charge is -2.13. The van der Waals surface area contributed by atoms with Gasteiger partial charge in [-0.2, -0.15) is 0 Å². The Hall–Kier alpha value is -1.55. The second-order valence-corrected chi connectivity index (χ2v) is 4.71. The van der Waals surface area contributed by atoms with Crippen molar-refractivity contribution in [1.29, 1.82) is 0 Å². The number of para-hydroxylation sites is 1. The van der Waals surface area contributed by atoms with Gasteiger partial charge in [-0.1, -0.05) is 42.8 Å². The molecule has 0 heterocycles. The van der Waals surface area contributed by atoms with Crippen molar-refractivity contribution in [2.75, 3.05) is 6.61 Å². The monoisotopic (exact) mass is 278 g/mol. The molecule has 0 aliphatic rings. The molecule has 4 heteroatoms. The molecule has 2 aromatic carbocycles. The molecule has 0 saturated carbocycles. The van der Waals surface area contributed by atoms with E-state index in [1.54, 1.807) is 6.07 Å². The summed E-state index contributed by atoms with van der Waals surface area (Å²) in [5.41, 5.74) is 0.990. The summed E-state index contributed by atoms with van der Waals surface area (Å²) in [6.45, 7) is 2.18. The first kappa shape index (κ1) is 13.9. The molecule has 0 amide bonds. The van der Waals surface area contributed by atoms with Gasteiger partial charge in [0.2, 0.25) is 0 Å². The zero-order valence-electron chi connectivity index (χ0n) is 10.5. The highest BCUT2D eigenvalue weighted by Crippen LogP contribution is 2.32. The molecule has 19 heavy (non-hydrogen) atoms. The van der Waals surface area contributed by atoms with Crippen molar-refractivity contribution >= 4 is 11.6 Å². The molecular formula is C15H15ClO3. The van der Waals surface area contributed by atoms with Gasteiger partial charge in [0.25, 0.3) is 0 Å². The maximum absolute atomic E-state index is 8.50. The van der Waals surface area contributed by atoms with Gasteiger partial charge < -0.3 is 4.74 Å². The van der Waals surface area contributed by atoms with E-state index in [0.717, 1.165) is 11.3 Å². The molecule has 0 aliphatic heterocycles. The van der Waals surface area contributed by atoms with Crippen LogP contribution in [0.4, 0.5) is 0 Å². The van der Waals surface area contributed by atoms with Gasteiger partial charge in [0.05, 0.1) is 11.6 Å². The maximum atomic E-state index is 8.50. The van der Waals surface area contributed by atoms with Crippen molar-refractivity contribution in [2.45, 2.75) is 12.8 Å². The molecule has 2 rings (SSSR count). The molecule has 0 fully saturated rings. The highest BCUT2D eigenvalue weighted by Gasteiger charge is 2.10. The van der Waals surface area contributed by atoms with Crippen LogP contribution in [0.25, 0.3) is 0 Å². The number of benzene rings is 2. The van der Waals surface area contributed by atoms with E-state index in [2.05, 4.69) is 4.89 Å². The van der Waals surface area contributed by atoms with Crippen molar-refractivity contribution in [3.05, 3.63) is 59.1 Å². The Bertz CT molecular complexity index is 528. The van der Waals surface area contributed by atoms with Crippen LogP contribution in [0.1, 0.15) is 18.4 Å². The zero-order chi connectivity index (χ0) is 13.7. The van der Waals surface area contributed by atoms with Crippen LogP contribution in [0.15, 0.2) is 48.5 Å². The predicted octanol–water partition coefficient (Wildman–Crippen LogP) is 4.73. The molecule has 0 radical (unpaired) electrons. The molecule has 1 N–H and O–H groups in total. The van der Waals surface area contributed by atoms with Crippen LogP contribution in [-0.4, -0.2) is 11.9 Å². The van der Waals surface area contributed by atoms with Crippen LogP contribution < -0.4 is 4.74 Å². The first-order valence-corrected chi connectivity index (χ1v) is 6.37. The SMILES string of the molecule is CC(COO)c1ccc(Cl)c(Oc2ccccc2)c1. The summed E-state index contributed by atoms with van der Waals surface area (Å²) in [4.78, 5) is 4.17. The summed E-state index contributed by atoms with van der Waals surface area (Å²) in [7, 11) is 0. The fourth-order valence-electron chi connectivity index (χ4n) is 1.73. The molecule has 0 aromatic heterocycles. The van der Waals surface area contributed by atoms with Crippen LogP contribution >= 0.6 is 11.6 Å². The van der Waals surface area contributed by atoms with Crippen molar-refractivity contribution in [3.8, 4) is 11.5 Å². The van der Waals surface area contributed by atoms with Gasteiger partial charge in [-0.3, -0.25) is 5.26 Å². The van der Waals surface area contributed by atoms with Crippen LogP contribution in [0.2, 0.25) is 5.02 Å². The summed E-state index contributed by atoms with van der Waals surface area (Å²) in [6, 6.07) is 15.0. The molecular weight excluding hydrogens is 264 g/mol. The largest absolute Gasteiger partial charge is 0.456 e. The van der Waals surface area contributed by atoms with E-state index >= 15 is 0 Å². The molecule has 100 valence electrons. The molecule has 3 nitrogen and oxygen atoms in total. The lowest BCUT2D eigenvalue weighted by atomic mass is 10.0. The zero-order valence-corrected chi connectivity index (χ0v) is 11.3. The summed E-state index contributed by atoms with van der Waals surface area (Å²) in [5, 5.41) is 9.05. The summed E-state index contributed by atoms with van der Waals surface area (Å²) >= 11 is 6.12. The second kappa shape index (κ2) is 6.57. The van der Waals surface area contributed by atoms with Crippen molar-refractivity contribution in [2.24, 2.45) is 0 Å². The number of hydrogen-bond acceptors (Lipinski definition) is 3. The van der Waals surface area contributed by atoms with E-state index in [-0.39, 0.29) is 12.5 Å². The lowest BCUT2D eigenvalue weighted by Crippen LogP contribution is -2.02. The normalized spacial score (nSPS) is 12.2. The quantitative estimate of drug-likeness (QED) is 0.635. The van der Waals surface area contributed by atoms with Crippen molar-refractivity contribution in [1.82, 2.24) is 0 Å². The first-order valence-electron chi connectivity index (χ1n) is 5.99. The van der Waals surface area contributed by atoms with Crippen molar-refractivity contribution < 1.29 is 14.9 Å². The Kier molecular flexibility index (Phi) is 4.80. The average molecular weight is 279 g/mol. The Morgan fingerprint density at radius 1 is 1.16 bits per heavy atom. The van der Waals surface area contributed by atoms with Gasteiger partial charge in [0.15, 0.2) is 0 Å². The Balaban J connectivity index is 2.22. The van der Waals surface area contributed by atoms with Crippen LogP contribution in [0.3, 0.4) is 0 Å². The lowest BCUT2D eigenvalue weighted by molar-refractivity contribution is -0.245. The van der Waals surface area contributed by atoms with Gasteiger partial charge in [0, 0.05) is 5.92 Å². The first-order chi connectivity index (χ1) is 9.20. The third kappa shape index (κ3) is 3.70. The number of halogens is 1. The average Bonchev–Trinajstić information content (AvgIpc) is 2.42. The van der Waals surface area contributed by atoms with Crippen LogP contribution in [0.5, 0.6) is 11.5 Å². The number of rotatable bonds is 5. The molecule has 0 saturated heterocycles. The Morgan fingerprint density at radius 2 is 1.89 bits per heavy atom. The molecule has 0 aliphatic carbocycles. The Labute approximate surface area is 117 Å². The maximum Gasteiger partial charge on any atom is 0.146 e. The summed E-state index contributed by atoms with van der Waals surface area (Å²) in [5.74, 6) is 1.38. The highest BCUT2D eigenvalue weighted by molar-refractivity contribution is 6.32. The van der Waals surface area contributed by atoms with E-state index in [4.69, 9.17) is 21.6 Å². The topological polar surface area (TPSA) is 38.7 Å². The van der Waals surface area contributed by atoms with Gasteiger partial charge in [-0.25, -0.2) is 4.89 Å². The number of hydrogen-bond donors (Lipinski definition) is 1. The fraction of sp³-hybridized carbons (Fsp3) is 0.200. The highest BCUT2D eigenvalue weighted by atomic mass is 35.5. The molecule has 0 spiro atoms. The minimum absolute atomic E-state index is 0.0559. The van der Waals surface area contributed by atoms with E-state index in [0.29, 0.717) is 10.8 Å². The van der Waals surface area contributed by atoms with Crippen molar-refractivity contribution in [3.63, 3.8) is 0 Å². The molecule has 2 aromatic rings. The van der Waals surface area contributed by atoms with Gasteiger partial charge in [0.1, 0.15) is 11.5 Å². The third-order valence-corrected chi connectivity index (χ3v) is 3.13. The molecule has 1 atom stereocenters. The minimum Gasteiger partial charge on any atom is -0.456 e. The van der Waals surface area contributed by atoms with E-state index in [1.807, 2.05) is 49.4 Å². The second-order valence-electron chi connectivity index (χ2n) is 4.30. The van der Waals surface area contributed by atoms with Crippen LogP contribution in [0, 0.1) is 0 Å². The predicted molar refractivity (Wildman–Crippen MR) is 75.0 cm³/mol. The van der Waals surface area contributed by atoms with Gasteiger partial charge in [-0.05, 0) is 29.8 Å². The summed E-state index contributed by atoms with van der Waals surface area (Å²) in [6.07, 6.45) is 0. The van der Waals surface area contributed by atoms with E-state index in [1.165, 1.54) is 0 Å². The van der Waals surface area contributed by atoms with Gasteiger partial charge >= 0.3 is 0 Å². The molecule has 0 bridgehead atoms. The van der Waals surface area contributed by atoms with E-state index < -0.39 is 0 Å². The number of ether oxygens (including phenoxy) is 1. The van der Waals surface area contributed by atoms with Crippen LogP contribution in [-0.2, 0) is 4.89 Å². The molecule has 1 unspecified atom stereocenters. The summed E-state index contributed by atoms with van der Waals surface area (Å²) < 4.78 is 5.74. The third-order valence-electron chi connectivity index (χ3n) is 2.82. The smallest absolute Gasteiger partial charge is 0.146 e. The van der Waals surface area contributed by atoms with Gasteiger partial charge in [-0.15, -0.1) is 0 Å². The fourth-order valence-corrected chi connectivity index (χ4v) is 1.88. The van der Waals surface area contributed by atoms with E-state index in [9.17, 15) is 0 Å².